The summed E-state index contributed by atoms with van der Waals surface area (Å²) >= 11 is 0. The molecule has 0 aliphatic heterocycles. The molecule has 4 nitrogen and oxygen atoms in total. The summed E-state index contributed by atoms with van der Waals surface area (Å²) in [6.07, 6.45) is 11.4. The normalized spacial score (nSPS) is 15.3. The third-order valence-electron chi connectivity index (χ3n) is 5.20. The molecule has 0 amide bonds. The van der Waals surface area contributed by atoms with Gasteiger partial charge in [-0.05, 0) is 76.3 Å². The van der Waals surface area contributed by atoms with Crippen LogP contribution in [0.1, 0.15) is 74.5 Å². The van der Waals surface area contributed by atoms with E-state index in [1.165, 1.54) is 24.8 Å². The van der Waals surface area contributed by atoms with Gasteiger partial charge < -0.3 is 9.72 Å². The molecule has 1 fully saturated rings. The van der Waals surface area contributed by atoms with Crippen LogP contribution >= 0.6 is 0 Å². The molecule has 1 aromatic heterocycles. The molecular weight excluding hydrogens is 360 g/mol. The van der Waals surface area contributed by atoms with Gasteiger partial charge in [-0.3, -0.25) is 9.79 Å². The first kappa shape index (κ1) is 20.8. The fraction of sp³-hybridized carbons (Fsp3) is 0.360. The summed E-state index contributed by atoms with van der Waals surface area (Å²) in [6.45, 7) is 6.55. The monoisotopic (exact) mass is 390 g/mol. The van der Waals surface area contributed by atoms with Crippen molar-refractivity contribution in [3.63, 3.8) is 0 Å². The number of ketones is 1. The molecular formula is C25H30N2O2. The number of rotatable bonds is 7. The second kappa shape index (κ2) is 10.1. The highest BCUT2D eigenvalue weighted by atomic mass is 16.5. The number of hydrogen-bond donors (Lipinski definition) is 1. The quantitative estimate of drug-likeness (QED) is 0.340. The molecule has 0 saturated heterocycles. The van der Waals surface area contributed by atoms with Gasteiger partial charge in [0.25, 0.3) is 0 Å². The zero-order valence-electron chi connectivity index (χ0n) is 17.6. The van der Waals surface area contributed by atoms with Gasteiger partial charge in [0.05, 0.1) is 18.0 Å². The number of ether oxygens (including phenoxy) is 1. The van der Waals surface area contributed by atoms with Crippen molar-refractivity contribution in [3.05, 3.63) is 71.1 Å². The van der Waals surface area contributed by atoms with Gasteiger partial charge in [-0.25, -0.2) is 0 Å². The molecule has 1 heterocycles. The number of H-pyrrole nitrogens is 1. The van der Waals surface area contributed by atoms with Crippen molar-refractivity contribution in [1.82, 2.24) is 4.98 Å². The maximum absolute atomic E-state index is 12.6. The van der Waals surface area contributed by atoms with Crippen molar-refractivity contribution in [3.8, 4) is 5.75 Å². The van der Waals surface area contributed by atoms with Gasteiger partial charge in [0.2, 0.25) is 5.78 Å². The van der Waals surface area contributed by atoms with Crippen LogP contribution in [0.25, 0.3) is 5.70 Å². The van der Waals surface area contributed by atoms with E-state index >= 15 is 0 Å². The largest absolute Gasteiger partial charge is 0.494 e. The van der Waals surface area contributed by atoms with Crippen molar-refractivity contribution in [2.45, 2.75) is 52.9 Å². The summed E-state index contributed by atoms with van der Waals surface area (Å²) in [7, 11) is 0. The van der Waals surface area contributed by atoms with E-state index in [2.05, 4.69) is 4.98 Å². The fourth-order valence-electron chi connectivity index (χ4n) is 3.62. The number of nitrogens with one attached hydrogen (secondary N) is 1. The summed E-state index contributed by atoms with van der Waals surface area (Å²) in [4.78, 5) is 20.5. The average molecular weight is 391 g/mol. The zero-order valence-corrected chi connectivity index (χ0v) is 17.6. The lowest BCUT2D eigenvalue weighted by Gasteiger charge is -2.12. The third-order valence-corrected chi connectivity index (χ3v) is 5.20. The Kier molecular flexibility index (Phi) is 7.23. The predicted octanol–water partition coefficient (Wildman–Crippen LogP) is 6.36. The molecule has 0 atom stereocenters. The lowest BCUT2D eigenvalue weighted by atomic mass is 9.94. The van der Waals surface area contributed by atoms with E-state index < -0.39 is 0 Å². The molecule has 0 unspecified atom stereocenters. The lowest BCUT2D eigenvalue weighted by Crippen LogP contribution is -2.00. The smallest absolute Gasteiger partial charge is 0.201 e. The van der Waals surface area contributed by atoms with E-state index in [1.54, 1.807) is 0 Å². The minimum atomic E-state index is 0.0497. The molecule has 1 aliphatic rings. The molecule has 0 bridgehead atoms. The molecule has 3 rings (SSSR count). The molecule has 1 saturated carbocycles. The van der Waals surface area contributed by atoms with Gasteiger partial charge in [-0.15, -0.1) is 0 Å². The lowest BCUT2D eigenvalue weighted by molar-refractivity contribution is 0.104. The number of aromatic amines is 1. The van der Waals surface area contributed by atoms with Crippen LogP contribution in [0.15, 0.2) is 59.2 Å². The third kappa shape index (κ3) is 5.57. The summed E-state index contributed by atoms with van der Waals surface area (Å²) in [5.74, 6) is 0.889. The van der Waals surface area contributed by atoms with E-state index in [-0.39, 0.29) is 5.78 Å². The average Bonchev–Trinajstić information content (AvgIpc) is 3.23. The molecule has 1 aliphatic carbocycles. The zero-order chi connectivity index (χ0) is 20.6. The van der Waals surface area contributed by atoms with Crippen LogP contribution in [-0.2, 0) is 0 Å². The minimum Gasteiger partial charge on any atom is -0.494 e. The predicted molar refractivity (Wildman–Crippen MR) is 120 cm³/mol. The fourth-order valence-corrected chi connectivity index (χ4v) is 3.62. The Balaban J connectivity index is 1.78. The summed E-state index contributed by atoms with van der Waals surface area (Å²) in [6, 6.07) is 9.84. The van der Waals surface area contributed by atoms with Crippen LogP contribution in [0, 0.1) is 0 Å². The highest BCUT2D eigenvalue weighted by Gasteiger charge is 2.12. The molecule has 2 aromatic rings. The summed E-state index contributed by atoms with van der Waals surface area (Å²) in [5.41, 5.74) is 5.56. The van der Waals surface area contributed by atoms with Gasteiger partial charge in [0.15, 0.2) is 0 Å². The van der Waals surface area contributed by atoms with Crippen molar-refractivity contribution < 1.29 is 9.53 Å². The van der Waals surface area contributed by atoms with Crippen LogP contribution < -0.4 is 4.74 Å². The number of carbonyl (C=O) groups is 1. The first-order chi connectivity index (χ1) is 14.1. The van der Waals surface area contributed by atoms with Gasteiger partial charge in [0.1, 0.15) is 5.75 Å². The number of hydrogen-bond acceptors (Lipinski definition) is 3. The van der Waals surface area contributed by atoms with E-state index in [9.17, 15) is 4.79 Å². The second-order valence-electron chi connectivity index (χ2n) is 7.36. The number of allylic oxidation sites excluding steroid dienone is 3. The molecule has 0 radical (unpaired) electrons. The maximum atomic E-state index is 12.6. The van der Waals surface area contributed by atoms with E-state index in [1.807, 2.05) is 69.5 Å². The standard InChI is InChI=1S/C25H30N2O2/c1-4-23(27-18(3)20-12-9-13-22(15-20)29-5-2)21-16-24(26-17-21)25(28)14-19-10-7-6-8-11-19/h4,9,12-17,26H,5-8,10-11H2,1-3H3/b23-4-,27-18?. The van der Waals surface area contributed by atoms with E-state index in [4.69, 9.17) is 9.73 Å². The topological polar surface area (TPSA) is 54.4 Å². The minimum absolute atomic E-state index is 0.0497. The van der Waals surface area contributed by atoms with Gasteiger partial charge in [-0.2, -0.15) is 0 Å². The highest BCUT2D eigenvalue weighted by molar-refractivity contribution is 6.05. The van der Waals surface area contributed by atoms with Crippen LogP contribution in [0.4, 0.5) is 0 Å². The van der Waals surface area contributed by atoms with E-state index in [0.29, 0.717) is 12.3 Å². The molecule has 1 aromatic carbocycles. The first-order valence-electron chi connectivity index (χ1n) is 10.5. The van der Waals surface area contributed by atoms with Crippen LogP contribution in [-0.4, -0.2) is 23.1 Å². The van der Waals surface area contributed by atoms with Crippen LogP contribution in [0.5, 0.6) is 5.75 Å². The molecule has 1 N–H and O–H groups in total. The van der Waals surface area contributed by atoms with Crippen molar-refractivity contribution in [2.24, 2.45) is 4.99 Å². The van der Waals surface area contributed by atoms with Gasteiger partial charge in [-0.1, -0.05) is 30.2 Å². The van der Waals surface area contributed by atoms with Crippen LogP contribution in [0.2, 0.25) is 0 Å². The number of carbonyl (C=O) groups excluding carboxylic acids is 1. The van der Waals surface area contributed by atoms with Crippen molar-refractivity contribution in [2.75, 3.05) is 6.61 Å². The Morgan fingerprint density at radius 1 is 1.17 bits per heavy atom. The first-order valence-corrected chi connectivity index (χ1v) is 10.5. The van der Waals surface area contributed by atoms with Crippen LogP contribution in [0.3, 0.4) is 0 Å². The van der Waals surface area contributed by atoms with Crippen molar-refractivity contribution in [1.29, 1.82) is 0 Å². The maximum Gasteiger partial charge on any atom is 0.201 e. The number of aliphatic imine (C=N–C) groups is 1. The van der Waals surface area contributed by atoms with Gasteiger partial charge in [0, 0.05) is 17.5 Å². The summed E-state index contributed by atoms with van der Waals surface area (Å²) in [5, 5.41) is 0. The molecule has 0 spiro atoms. The Labute approximate surface area is 173 Å². The number of aromatic nitrogens is 1. The Morgan fingerprint density at radius 2 is 1.97 bits per heavy atom. The Hall–Kier alpha value is -2.88. The van der Waals surface area contributed by atoms with E-state index in [0.717, 1.165) is 41.1 Å². The van der Waals surface area contributed by atoms with Gasteiger partial charge >= 0.3 is 0 Å². The summed E-state index contributed by atoms with van der Waals surface area (Å²) < 4.78 is 5.59. The number of benzene rings is 1. The Bertz CT molecular complexity index is 939. The Morgan fingerprint density at radius 3 is 2.69 bits per heavy atom. The molecule has 152 valence electrons. The molecule has 29 heavy (non-hydrogen) atoms. The SMILES string of the molecule is C/C=C(\N=C(C)c1cccc(OCC)c1)c1c[nH]c(C(=O)C=C2CCCCC2)c1. The second-order valence-corrected chi connectivity index (χ2v) is 7.36. The number of nitrogens with zero attached hydrogens (tertiary/aromatic N) is 1. The van der Waals surface area contributed by atoms with Crippen molar-refractivity contribution >= 4 is 17.2 Å². The molecule has 4 heteroatoms. The highest BCUT2D eigenvalue weighted by Crippen LogP contribution is 2.24.